The summed E-state index contributed by atoms with van der Waals surface area (Å²) in [4.78, 5) is 0. The summed E-state index contributed by atoms with van der Waals surface area (Å²) in [6, 6.07) is 50.1. The van der Waals surface area contributed by atoms with Crippen LogP contribution in [-0.4, -0.2) is 19.5 Å². The minimum Gasteiger partial charge on any atom is -0.400 e. The molecule has 0 bridgehead atoms. The highest BCUT2D eigenvalue weighted by Crippen LogP contribution is 2.26. The molecule has 0 aliphatic rings. The van der Waals surface area contributed by atoms with Gasteiger partial charge in [-0.15, -0.1) is 0 Å². The van der Waals surface area contributed by atoms with Gasteiger partial charge in [0, 0.05) is 0 Å². The van der Waals surface area contributed by atoms with E-state index in [1.165, 1.54) is 10.4 Å². The second-order valence-electron chi connectivity index (χ2n) is 8.39. The van der Waals surface area contributed by atoms with Crippen molar-refractivity contribution < 1.29 is 8.85 Å². The van der Waals surface area contributed by atoms with E-state index < -0.39 is 0 Å². The number of hydrogen-bond acceptors (Lipinski definition) is 2. The van der Waals surface area contributed by atoms with Crippen molar-refractivity contribution in [1.82, 2.24) is 0 Å². The van der Waals surface area contributed by atoms with Gasteiger partial charge in [-0.2, -0.15) is 0 Å². The lowest BCUT2D eigenvalue weighted by molar-refractivity contribution is 0.264. The monoisotopic (exact) mass is 498 g/mol. The summed E-state index contributed by atoms with van der Waals surface area (Å²) in [6.07, 6.45) is -0.242. The molecule has 5 rings (SSSR count). The molecule has 0 saturated heterocycles. The van der Waals surface area contributed by atoms with Crippen LogP contribution in [0.3, 0.4) is 0 Å². The number of hydrogen-bond donors (Lipinski definition) is 0. The first kappa shape index (κ1) is 24.2. The van der Waals surface area contributed by atoms with E-state index in [0.717, 1.165) is 22.3 Å². The molecule has 0 N–H and O–H groups in total. The Labute approximate surface area is 218 Å². The van der Waals surface area contributed by atoms with Crippen LogP contribution in [0.25, 0.3) is 0 Å². The molecule has 5 aromatic rings. The molecule has 0 amide bonds. The van der Waals surface area contributed by atoms with Crippen LogP contribution < -0.4 is 10.4 Å². The standard InChI is InChI=1S/C32H26O2Si2/c1-5-15-25(16-6-1)31(26-17-7-2-8-18-26)33-35-29-23-13-14-24-30(29)36-34-32(27-19-9-3-10-20-27)28-21-11-4-12-22-28/h1-24,31-32H. The Kier molecular flexibility index (Phi) is 8.34. The van der Waals surface area contributed by atoms with Gasteiger partial charge in [-0.05, 0) is 32.6 Å². The van der Waals surface area contributed by atoms with Crippen molar-refractivity contribution in [2.45, 2.75) is 12.2 Å². The Morgan fingerprint density at radius 1 is 0.333 bits per heavy atom. The molecule has 0 unspecified atom stereocenters. The summed E-state index contributed by atoms with van der Waals surface area (Å²) in [7, 11) is 0.396. The Morgan fingerprint density at radius 2 is 0.583 bits per heavy atom. The molecule has 0 atom stereocenters. The first-order chi connectivity index (χ1) is 17.9. The van der Waals surface area contributed by atoms with Crippen LogP contribution in [-0.2, 0) is 8.85 Å². The fraction of sp³-hybridized carbons (Fsp3) is 0.0625. The Morgan fingerprint density at radius 3 is 0.861 bits per heavy atom. The lowest BCUT2D eigenvalue weighted by Gasteiger charge is -2.21. The molecule has 36 heavy (non-hydrogen) atoms. The smallest absolute Gasteiger partial charge is 0.270 e. The maximum Gasteiger partial charge on any atom is 0.270 e. The Bertz CT molecular complexity index is 1150. The molecule has 2 nitrogen and oxygen atoms in total. The van der Waals surface area contributed by atoms with Gasteiger partial charge in [-0.3, -0.25) is 0 Å². The van der Waals surface area contributed by atoms with Gasteiger partial charge in [-0.25, -0.2) is 0 Å². The van der Waals surface area contributed by atoms with Crippen molar-refractivity contribution in [3.05, 3.63) is 168 Å². The quantitative estimate of drug-likeness (QED) is 0.227. The maximum atomic E-state index is 6.59. The average molecular weight is 499 g/mol. The lowest BCUT2D eigenvalue weighted by Crippen LogP contribution is -2.39. The predicted molar refractivity (Wildman–Crippen MR) is 149 cm³/mol. The van der Waals surface area contributed by atoms with Crippen LogP contribution >= 0.6 is 0 Å². The molecule has 0 aliphatic heterocycles. The van der Waals surface area contributed by atoms with E-state index in [-0.39, 0.29) is 31.7 Å². The van der Waals surface area contributed by atoms with Crippen molar-refractivity contribution in [2.75, 3.05) is 0 Å². The highest BCUT2D eigenvalue weighted by atomic mass is 28.2. The Balaban J connectivity index is 1.35. The fourth-order valence-corrected chi connectivity index (χ4v) is 6.13. The highest BCUT2D eigenvalue weighted by Gasteiger charge is 2.19. The van der Waals surface area contributed by atoms with Gasteiger partial charge in [0.15, 0.2) is 0 Å². The van der Waals surface area contributed by atoms with E-state index in [2.05, 4.69) is 121 Å². The molecule has 174 valence electrons. The van der Waals surface area contributed by atoms with Crippen LogP contribution in [0.15, 0.2) is 146 Å². The molecule has 0 aromatic heterocycles. The van der Waals surface area contributed by atoms with Gasteiger partial charge in [0.25, 0.3) is 19.5 Å². The molecule has 0 fully saturated rings. The molecule has 0 saturated carbocycles. The van der Waals surface area contributed by atoms with Crippen molar-refractivity contribution in [1.29, 1.82) is 0 Å². The third kappa shape index (κ3) is 6.17. The Hall–Kier alpha value is -3.55. The number of benzene rings is 5. The maximum absolute atomic E-state index is 6.59. The van der Waals surface area contributed by atoms with Gasteiger partial charge in [-0.1, -0.05) is 146 Å². The fourth-order valence-electron chi connectivity index (χ4n) is 4.07. The van der Waals surface area contributed by atoms with Gasteiger partial charge in [0.2, 0.25) is 0 Å². The zero-order valence-corrected chi connectivity index (χ0v) is 21.8. The van der Waals surface area contributed by atoms with E-state index in [0.29, 0.717) is 0 Å². The molecule has 5 aromatic carbocycles. The van der Waals surface area contributed by atoms with Crippen LogP contribution in [0.2, 0.25) is 0 Å². The largest absolute Gasteiger partial charge is 0.400 e. The van der Waals surface area contributed by atoms with Crippen LogP contribution in [0.5, 0.6) is 0 Å². The summed E-state index contributed by atoms with van der Waals surface area (Å²) < 4.78 is 13.2. The van der Waals surface area contributed by atoms with Gasteiger partial charge in [0.1, 0.15) is 0 Å². The second-order valence-corrected chi connectivity index (χ2v) is 10.3. The second kappa shape index (κ2) is 12.4. The topological polar surface area (TPSA) is 18.5 Å². The first-order valence-electron chi connectivity index (χ1n) is 12.0. The predicted octanol–water partition coefficient (Wildman–Crippen LogP) is 5.79. The highest BCUT2D eigenvalue weighted by molar-refractivity contribution is 6.61. The first-order valence-corrected chi connectivity index (χ1v) is 13.8. The molecular weight excluding hydrogens is 473 g/mol. The third-order valence-corrected chi connectivity index (χ3v) is 8.18. The number of rotatable bonds is 10. The van der Waals surface area contributed by atoms with E-state index in [1.54, 1.807) is 0 Å². The summed E-state index contributed by atoms with van der Waals surface area (Å²) in [5.41, 5.74) is 4.61. The van der Waals surface area contributed by atoms with E-state index >= 15 is 0 Å². The van der Waals surface area contributed by atoms with Gasteiger partial charge >= 0.3 is 0 Å². The zero-order valence-electron chi connectivity index (χ0n) is 19.8. The zero-order chi connectivity index (χ0) is 24.4. The lowest BCUT2D eigenvalue weighted by atomic mass is 10.0. The van der Waals surface area contributed by atoms with Crippen LogP contribution in [0, 0.1) is 0 Å². The van der Waals surface area contributed by atoms with E-state index in [1.807, 2.05) is 24.3 Å². The molecule has 4 heteroatoms. The molecular formula is C32H26O2Si2. The van der Waals surface area contributed by atoms with Crippen molar-refractivity contribution >= 4 is 29.9 Å². The van der Waals surface area contributed by atoms with Gasteiger partial charge < -0.3 is 8.85 Å². The molecule has 0 spiro atoms. The van der Waals surface area contributed by atoms with Crippen LogP contribution in [0.1, 0.15) is 34.5 Å². The van der Waals surface area contributed by atoms with Crippen molar-refractivity contribution in [3.8, 4) is 0 Å². The molecule has 0 aliphatic carbocycles. The summed E-state index contributed by atoms with van der Waals surface area (Å²) in [5, 5.41) is 2.35. The van der Waals surface area contributed by atoms with Gasteiger partial charge in [0.05, 0.1) is 12.2 Å². The van der Waals surface area contributed by atoms with E-state index in [4.69, 9.17) is 8.85 Å². The minimum absolute atomic E-state index is 0.121. The van der Waals surface area contributed by atoms with E-state index in [9.17, 15) is 0 Å². The minimum atomic E-state index is -0.121. The van der Waals surface area contributed by atoms with Crippen molar-refractivity contribution in [2.24, 2.45) is 0 Å². The SMILES string of the molecule is c1ccc(C(O[Si]c2ccccc2[Si]OC(c2ccccc2)c2ccccc2)c2ccccc2)cc1. The van der Waals surface area contributed by atoms with Crippen LogP contribution in [0.4, 0.5) is 0 Å². The summed E-state index contributed by atoms with van der Waals surface area (Å²) >= 11 is 0. The molecule has 4 radical (unpaired) electrons. The summed E-state index contributed by atoms with van der Waals surface area (Å²) in [6.45, 7) is 0. The average Bonchev–Trinajstić information content (AvgIpc) is 2.96. The summed E-state index contributed by atoms with van der Waals surface area (Å²) in [5.74, 6) is 0. The molecule has 0 heterocycles. The normalized spacial score (nSPS) is 11.2. The third-order valence-electron chi connectivity index (χ3n) is 5.91. The van der Waals surface area contributed by atoms with Crippen molar-refractivity contribution in [3.63, 3.8) is 0 Å².